The monoisotopic (exact) mass is 347 g/mol. The Hall–Kier alpha value is -3.48. The number of methoxy groups -OCH3 is 2. The van der Waals surface area contributed by atoms with Gasteiger partial charge in [0, 0.05) is 5.39 Å². The van der Waals surface area contributed by atoms with Crippen LogP contribution in [-0.2, 0) is 0 Å². The van der Waals surface area contributed by atoms with Crippen LogP contribution in [0.4, 0.5) is 0 Å². The van der Waals surface area contributed by atoms with Crippen molar-refractivity contribution in [2.45, 2.75) is 6.92 Å². The van der Waals surface area contributed by atoms with Crippen LogP contribution in [0.2, 0.25) is 0 Å². The van der Waals surface area contributed by atoms with Crippen LogP contribution < -0.4 is 9.47 Å². The minimum absolute atomic E-state index is 0.682. The Morgan fingerprint density at radius 3 is 2.38 bits per heavy atom. The lowest BCUT2D eigenvalue weighted by Gasteiger charge is -2.11. The summed E-state index contributed by atoms with van der Waals surface area (Å²) < 4.78 is 12.4. The van der Waals surface area contributed by atoms with Gasteiger partial charge in [-0.3, -0.25) is 0 Å². The third kappa shape index (κ3) is 2.73. The number of hydrogen-bond acceptors (Lipinski definition) is 6. The molecule has 0 aliphatic carbocycles. The van der Waals surface area contributed by atoms with Gasteiger partial charge >= 0.3 is 0 Å². The third-order valence-electron chi connectivity index (χ3n) is 4.14. The van der Waals surface area contributed by atoms with Crippen LogP contribution in [0.25, 0.3) is 27.8 Å². The number of rotatable bonds is 4. The average molecular weight is 347 g/mol. The van der Waals surface area contributed by atoms with E-state index in [0.717, 1.165) is 22.0 Å². The summed E-state index contributed by atoms with van der Waals surface area (Å²) >= 11 is 0. The maximum Gasteiger partial charge on any atom is 0.166 e. The van der Waals surface area contributed by atoms with Gasteiger partial charge in [0.15, 0.2) is 17.3 Å². The molecule has 26 heavy (non-hydrogen) atoms. The Balaban J connectivity index is 1.90. The summed E-state index contributed by atoms with van der Waals surface area (Å²) in [6.45, 7) is 1.86. The molecule has 0 aliphatic heterocycles. The molecular formula is C19H17N5O2. The van der Waals surface area contributed by atoms with Crippen LogP contribution in [-0.4, -0.2) is 39.0 Å². The fourth-order valence-corrected chi connectivity index (χ4v) is 2.91. The maximum absolute atomic E-state index is 5.41. The van der Waals surface area contributed by atoms with Crippen molar-refractivity contribution >= 4 is 10.9 Å². The van der Waals surface area contributed by atoms with E-state index < -0.39 is 0 Å². The number of nitrogens with zero attached hydrogens (tertiary/aromatic N) is 5. The second-order valence-corrected chi connectivity index (χ2v) is 5.74. The van der Waals surface area contributed by atoms with Gasteiger partial charge in [0.1, 0.15) is 18.5 Å². The Morgan fingerprint density at radius 2 is 1.65 bits per heavy atom. The van der Waals surface area contributed by atoms with Gasteiger partial charge in [-0.05, 0) is 42.3 Å². The molecule has 7 heteroatoms. The van der Waals surface area contributed by atoms with Crippen LogP contribution in [0, 0.1) is 6.92 Å². The zero-order valence-corrected chi connectivity index (χ0v) is 14.7. The van der Waals surface area contributed by atoms with Crippen molar-refractivity contribution < 1.29 is 9.47 Å². The van der Waals surface area contributed by atoms with E-state index in [1.165, 1.54) is 6.33 Å². The van der Waals surface area contributed by atoms with Gasteiger partial charge in [-0.15, -0.1) is 0 Å². The normalized spacial score (nSPS) is 10.9. The topological polar surface area (TPSA) is 75.0 Å². The fraction of sp³-hybridized carbons (Fsp3) is 0.158. The standard InChI is InChI=1S/C19H17N5O2/c1-12-22-16-6-4-13(14-5-7-17(25-2)18(9-14)26-3)8-15(16)19(23-12)24-11-20-10-21-24/h4-11H,1-3H3. The van der Waals surface area contributed by atoms with Gasteiger partial charge in [-0.1, -0.05) is 12.1 Å². The van der Waals surface area contributed by atoms with E-state index in [0.29, 0.717) is 23.1 Å². The van der Waals surface area contributed by atoms with Crippen LogP contribution >= 0.6 is 0 Å². The predicted octanol–water partition coefficient (Wildman–Crippen LogP) is 3.20. The lowest BCUT2D eigenvalue weighted by atomic mass is 10.0. The number of aryl methyl sites for hydroxylation is 1. The first kappa shape index (κ1) is 16.0. The second kappa shape index (κ2) is 6.44. The van der Waals surface area contributed by atoms with Crippen molar-refractivity contribution in [3.63, 3.8) is 0 Å². The van der Waals surface area contributed by atoms with Gasteiger partial charge in [-0.25, -0.2) is 19.6 Å². The minimum Gasteiger partial charge on any atom is -0.493 e. The molecule has 7 nitrogen and oxygen atoms in total. The first-order chi connectivity index (χ1) is 12.7. The molecule has 2 aromatic carbocycles. The van der Waals surface area contributed by atoms with Gasteiger partial charge < -0.3 is 9.47 Å². The molecule has 0 spiro atoms. The summed E-state index contributed by atoms with van der Waals surface area (Å²) in [6, 6.07) is 11.9. The lowest BCUT2D eigenvalue weighted by Crippen LogP contribution is -2.03. The van der Waals surface area contributed by atoms with Gasteiger partial charge in [0.05, 0.1) is 19.7 Å². The number of benzene rings is 2. The molecule has 0 N–H and O–H groups in total. The van der Waals surface area contributed by atoms with Crippen molar-refractivity contribution in [3.8, 4) is 28.4 Å². The highest BCUT2D eigenvalue weighted by molar-refractivity contribution is 5.89. The highest BCUT2D eigenvalue weighted by atomic mass is 16.5. The molecule has 130 valence electrons. The van der Waals surface area contributed by atoms with Crippen LogP contribution in [0.5, 0.6) is 11.5 Å². The highest BCUT2D eigenvalue weighted by Gasteiger charge is 2.12. The summed E-state index contributed by atoms with van der Waals surface area (Å²) in [6.07, 6.45) is 3.12. The summed E-state index contributed by atoms with van der Waals surface area (Å²) in [5, 5.41) is 5.11. The number of hydrogen-bond donors (Lipinski definition) is 0. The van der Waals surface area contributed by atoms with E-state index in [1.54, 1.807) is 25.2 Å². The first-order valence-corrected chi connectivity index (χ1v) is 8.05. The third-order valence-corrected chi connectivity index (χ3v) is 4.14. The molecule has 0 unspecified atom stereocenters. The second-order valence-electron chi connectivity index (χ2n) is 5.74. The molecule has 2 aromatic heterocycles. The summed E-state index contributed by atoms with van der Waals surface area (Å²) in [7, 11) is 3.25. The molecule has 0 fully saturated rings. The van der Waals surface area contributed by atoms with Crippen LogP contribution in [0.1, 0.15) is 5.82 Å². The molecular weight excluding hydrogens is 330 g/mol. The number of aromatic nitrogens is 5. The zero-order valence-electron chi connectivity index (χ0n) is 14.7. The lowest BCUT2D eigenvalue weighted by molar-refractivity contribution is 0.355. The van der Waals surface area contributed by atoms with Gasteiger partial charge in [-0.2, -0.15) is 5.10 Å². The van der Waals surface area contributed by atoms with E-state index in [2.05, 4.69) is 20.1 Å². The average Bonchev–Trinajstić information content (AvgIpc) is 3.21. The van der Waals surface area contributed by atoms with Crippen LogP contribution in [0.3, 0.4) is 0 Å². The van der Waals surface area contributed by atoms with Crippen molar-refractivity contribution in [2.24, 2.45) is 0 Å². The van der Waals surface area contributed by atoms with Gasteiger partial charge in [0.2, 0.25) is 0 Å². The Labute approximate surface area is 150 Å². The smallest absolute Gasteiger partial charge is 0.166 e. The van der Waals surface area contributed by atoms with E-state index in [-0.39, 0.29) is 0 Å². The summed E-state index contributed by atoms with van der Waals surface area (Å²) in [5.41, 5.74) is 2.88. The molecule has 0 aliphatic rings. The van der Waals surface area contributed by atoms with E-state index in [9.17, 15) is 0 Å². The highest BCUT2D eigenvalue weighted by Crippen LogP contribution is 2.33. The van der Waals surface area contributed by atoms with E-state index in [1.807, 2.05) is 43.3 Å². The largest absolute Gasteiger partial charge is 0.493 e. The predicted molar refractivity (Wildman–Crippen MR) is 97.7 cm³/mol. The first-order valence-electron chi connectivity index (χ1n) is 8.05. The quantitative estimate of drug-likeness (QED) is 0.564. The Morgan fingerprint density at radius 1 is 0.885 bits per heavy atom. The SMILES string of the molecule is COc1ccc(-c2ccc3nc(C)nc(-n4cncn4)c3c2)cc1OC. The van der Waals surface area contributed by atoms with Crippen molar-refractivity contribution in [1.29, 1.82) is 0 Å². The Bertz CT molecular complexity index is 1080. The van der Waals surface area contributed by atoms with Crippen LogP contribution in [0.15, 0.2) is 49.1 Å². The van der Waals surface area contributed by atoms with Crippen molar-refractivity contribution in [1.82, 2.24) is 24.7 Å². The number of fused-ring (bicyclic) bond motifs is 1. The molecule has 0 bridgehead atoms. The molecule has 4 aromatic rings. The molecule has 0 amide bonds. The van der Waals surface area contributed by atoms with E-state index >= 15 is 0 Å². The molecule has 0 saturated carbocycles. The summed E-state index contributed by atoms with van der Waals surface area (Å²) in [5.74, 6) is 2.76. The Kier molecular flexibility index (Phi) is 3.96. The van der Waals surface area contributed by atoms with E-state index in [4.69, 9.17) is 9.47 Å². The van der Waals surface area contributed by atoms with Gasteiger partial charge in [0.25, 0.3) is 0 Å². The fourth-order valence-electron chi connectivity index (χ4n) is 2.91. The molecule has 2 heterocycles. The van der Waals surface area contributed by atoms with Crippen molar-refractivity contribution in [2.75, 3.05) is 14.2 Å². The zero-order chi connectivity index (χ0) is 18.1. The maximum atomic E-state index is 5.41. The number of ether oxygens (including phenoxy) is 2. The summed E-state index contributed by atoms with van der Waals surface area (Å²) in [4.78, 5) is 13.1. The minimum atomic E-state index is 0.682. The molecule has 0 radical (unpaired) electrons. The molecule has 0 saturated heterocycles. The molecule has 4 rings (SSSR count). The van der Waals surface area contributed by atoms with Crippen molar-refractivity contribution in [3.05, 3.63) is 54.9 Å². The molecule has 0 atom stereocenters.